The van der Waals surface area contributed by atoms with E-state index in [2.05, 4.69) is 38.1 Å². The number of benzene rings is 1. The molecule has 0 fully saturated rings. The molecule has 1 aliphatic carbocycles. The first kappa shape index (κ1) is 12.9. The monoisotopic (exact) mass is 242 g/mol. The number of hydrogen-bond donors (Lipinski definition) is 0. The fourth-order valence-corrected chi connectivity index (χ4v) is 2.41. The van der Waals surface area contributed by atoms with Crippen LogP contribution in [0.15, 0.2) is 42.0 Å². The van der Waals surface area contributed by atoms with Gasteiger partial charge in [0.05, 0.1) is 7.11 Å². The van der Waals surface area contributed by atoms with E-state index in [9.17, 15) is 0 Å². The topological polar surface area (TPSA) is 9.23 Å². The van der Waals surface area contributed by atoms with Crippen molar-refractivity contribution in [3.8, 4) is 5.75 Å². The van der Waals surface area contributed by atoms with Gasteiger partial charge in [-0.15, -0.1) is 0 Å². The van der Waals surface area contributed by atoms with Gasteiger partial charge in [0.1, 0.15) is 5.75 Å². The van der Waals surface area contributed by atoms with E-state index in [1.54, 1.807) is 7.11 Å². The Morgan fingerprint density at radius 3 is 2.50 bits per heavy atom. The van der Waals surface area contributed by atoms with Crippen molar-refractivity contribution in [1.82, 2.24) is 0 Å². The Morgan fingerprint density at radius 1 is 1.17 bits per heavy atom. The molecule has 96 valence electrons. The number of ether oxygens (including phenoxy) is 1. The number of rotatable bonds is 4. The molecule has 1 aliphatic rings. The fourth-order valence-electron chi connectivity index (χ4n) is 2.41. The van der Waals surface area contributed by atoms with Crippen molar-refractivity contribution >= 4 is 5.57 Å². The van der Waals surface area contributed by atoms with E-state index in [-0.39, 0.29) is 0 Å². The molecule has 0 N–H and O–H groups in total. The molecule has 1 aromatic carbocycles. The highest BCUT2D eigenvalue weighted by atomic mass is 16.5. The van der Waals surface area contributed by atoms with Crippen LogP contribution in [0.3, 0.4) is 0 Å². The Kier molecular flexibility index (Phi) is 4.24. The minimum absolute atomic E-state index is 0.725. The number of allylic oxidation sites excluding steroid dienone is 4. The van der Waals surface area contributed by atoms with Gasteiger partial charge in [0, 0.05) is 0 Å². The van der Waals surface area contributed by atoms with Crippen molar-refractivity contribution < 1.29 is 4.74 Å². The molecule has 0 unspecified atom stereocenters. The minimum Gasteiger partial charge on any atom is -0.497 e. The summed E-state index contributed by atoms with van der Waals surface area (Å²) in [5.41, 5.74) is 4.27. The van der Waals surface area contributed by atoms with Crippen molar-refractivity contribution in [2.75, 3.05) is 7.11 Å². The molecular formula is C17H22O. The van der Waals surface area contributed by atoms with Gasteiger partial charge in [-0.05, 0) is 48.4 Å². The van der Waals surface area contributed by atoms with Crippen molar-refractivity contribution in [3.63, 3.8) is 0 Å². The Labute approximate surface area is 110 Å². The fraction of sp³-hybridized carbons (Fsp3) is 0.412. The van der Waals surface area contributed by atoms with Crippen LogP contribution in [0.25, 0.3) is 5.57 Å². The average molecular weight is 242 g/mol. The van der Waals surface area contributed by atoms with Gasteiger partial charge in [-0.25, -0.2) is 0 Å². The molecule has 1 aromatic rings. The maximum absolute atomic E-state index is 5.20. The zero-order valence-corrected chi connectivity index (χ0v) is 11.6. The third-order valence-corrected chi connectivity index (χ3v) is 3.28. The molecule has 0 saturated carbocycles. The second-order valence-electron chi connectivity index (χ2n) is 5.31. The van der Waals surface area contributed by atoms with Gasteiger partial charge in [0.15, 0.2) is 0 Å². The van der Waals surface area contributed by atoms with E-state index >= 15 is 0 Å². The number of hydrogen-bond acceptors (Lipinski definition) is 1. The summed E-state index contributed by atoms with van der Waals surface area (Å²) in [6.45, 7) is 4.55. The average Bonchev–Trinajstić information content (AvgIpc) is 2.38. The first-order valence-corrected chi connectivity index (χ1v) is 6.73. The SMILES string of the molecule is COc1ccc(C2=CC(CC(C)C)=CCC2)cc1. The van der Waals surface area contributed by atoms with Gasteiger partial charge in [-0.3, -0.25) is 0 Å². The molecule has 0 aliphatic heterocycles. The van der Waals surface area contributed by atoms with Crippen LogP contribution in [0.5, 0.6) is 5.75 Å². The normalized spacial score (nSPS) is 15.3. The second-order valence-corrected chi connectivity index (χ2v) is 5.31. The molecule has 0 radical (unpaired) electrons. The van der Waals surface area contributed by atoms with Crippen LogP contribution >= 0.6 is 0 Å². The largest absolute Gasteiger partial charge is 0.497 e. The van der Waals surface area contributed by atoms with Crippen LogP contribution in [0.4, 0.5) is 0 Å². The van der Waals surface area contributed by atoms with Gasteiger partial charge in [-0.2, -0.15) is 0 Å². The van der Waals surface area contributed by atoms with Gasteiger partial charge in [0.25, 0.3) is 0 Å². The quantitative estimate of drug-likeness (QED) is 0.733. The molecule has 0 heterocycles. The Bertz CT molecular complexity index is 449. The first-order valence-electron chi connectivity index (χ1n) is 6.73. The van der Waals surface area contributed by atoms with Gasteiger partial charge in [0.2, 0.25) is 0 Å². The van der Waals surface area contributed by atoms with Crippen LogP contribution in [-0.4, -0.2) is 7.11 Å². The molecule has 1 nitrogen and oxygen atoms in total. The summed E-state index contributed by atoms with van der Waals surface area (Å²) in [5, 5.41) is 0. The predicted molar refractivity (Wildman–Crippen MR) is 77.7 cm³/mol. The third-order valence-electron chi connectivity index (χ3n) is 3.28. The first-order chi connectivity index (χ1) is 8.69. The summed E-state index contributed by atoms with van der Waals surface area (Å²) in [5.74, 6) is 1.65. The lowest BCUT2D eigenvalue weighted by Gasteiger charge is -2.16. The Balaban J connectivity index is 2.16. The summed E-state index contributed by atoms with van der Waals surface area (Å²) in [6, 6.07) is 8.39. The van der Waals surface area contributed by atoms with Crippen LogP contribution in [0.1, 0.15) is 38.7 Å². The van der Waals surface area contributed by atoms with Gasteiger partial charge in [-0.1, -0.05) is 43.7 Å². The molecule has 0 aromatic heterocycles. The van der Waals surface area contributed by atoms with Crippen LogP contribution in [0.2, 0.25) is 0 Å². The number of methoxy groups -OCH3 is 1. The lowest BCUT2D eigenvalue weighted by molar-refractivity contribution is 0.415. The van der Waals surface area contributed by atoms with E-state index in [1.165, 1.54) is 29.6 Å². The maximum atomic E-state index is 5.20. The molecule has 2 rings (SSSR count). The van der Waals surface area contributed by atoms with Gasteiger partial charge < -0.3 is 4.74 Å². The molecule has 0 spiro atoms. The second kappa shape index (κ2) is 5.90. The lowest BCUT2D eigenvalue weighted by Crippen LogP contribution is -1.96. The summed E-state index contributed by atoms with van der Waals surface area (Å²) in [6.07, 6.45) is 8.24. The van der Waals surface area contributed by atoms with Crippen LogP contribution in [0, 0.1) is 5.92 Å². The third kappa shape index (κ3) is 3.25. The van der Waals surface area contributed by atoms with Crippen LogP contribution in [-0.2, 0) is 0 Å². The standard InChI is InChI=1S/C17H22O/c1-13(2)11-14-5-4-6-16(12-14)15-7-9-17(18-3)10-8-15/h5,7-10,12-13H,4,6,11H2,1-3H3. The molecule has 0 amide bonds. The van der Waals surface area contributed by atoms with Crippen molar-refractivity contribution in [2.45, 2.75) is 33.1 Å². The highest BCUT2D eigenvalue weighted by Gasteiger charge is 2.09. The van der Waals surface area contributed by atoms with Crippen molar-refractivity contribution in [1.29, 1.82) is 0 Å². The molecule has 0 saturated heterocycles. The molecule has 1 heteroatoms. The van der Waals surface area contributed by atoms with E-state index in [0.29, 0.717) is 0 Å². The van der Waals surface area contributed by atoms with Gasteiger partial charge >= 0.3 is 0 Å². The van der Waals surface area contributed by atoms with E-state index in [0.717, 1.165) is 18.1 Å². The summed E-state index contributed by atoms with van der Waals surface area (Å²) in [7, 11) is 1.71. The molecular weight excluding hydrogens is 220 g/mol. The minimum atomic E-state index is 0.725. The van der Waals surface area contributed by atoms with Crippen LogP contribution < -0.4 is 4.74 Å². The smallest absolute Gasteiger partial charge is 0.118 e. The van der Waals surface area contributed by atoms with E-state index < -0.39 is 0 Å². The predicted octanol–water partition coefficient (Wildman–Crippen LogP) is 4.84. The van der Waals surface area contributed by atoms with Crippen molar-refractivity contribution in [3.05, 3.63) is 47.6 Å². The molecule has 0 bridgehead atoms. The highest BCUT2D eigenvalue weighted by Crippen LogP contribution is 2.29. The summed E-state index contributed by atoms with van der Waals surface area (Å²) in [4.78, 5) is 0. The van der Waals surface area contributed by atoms with E-state index in [4.69, 9.17) is 4.74 Å². The molecule has 0 atom stereocenters. The summed E-state index contributed by atoms with van der Waals surface area (Å²) >= 11 is 0. The maximum Gasteiger partial charge on any atom is 0.118 e. The Morgan fingerprint density at radius 2 is 1.89 bits per heavy atom. The highest BCUT2D eigenvalue weighted by molar-refractivity contribution is 5.70. The zero-order valence-electron chi connectivity index (χ0n) is 11.6. The van der Waals surface area contributed by atoms with Crippen molar-refractivity contribution in [2.24, 2.45) is 5.92 Å². The summed E-state index contributed by atoms with van der Waals surface area (Å²) < 4.78 is 5.20. The molecule has 18 heavy (non-hydrogen) atoms. The Hall–Kier alpha value is -1.50. The lowest BCUT2D eigenvalue weighted by atomic mass is 9.90. The zero-order chi connectivity index (χ0) is 13.0. The van der Waals surface area contributed by atoms with E-state index in [1.807, 2.05) is 12.1 Å².